The minimum Gasteiger partial charge on any atom is -0.460 e. The van der Waals surface area contributed by atoms with Crippen LogP contribution in [-0.4, -0.2) is 21.9 Å². The van der Waals surface area contributed by atoms with Crippen LogP contribution in [0.25, 0.3) is 0 Å². The van der Waals surface area contributed by atoms with Gasteiger partial charge >= 0.3 is 6.01 Å². The van der Waals surface area contributed by atoms with Crippen LogP contribution in [0.1, 0.15) is 32.2 Å². The summed E-state index contributed by atoms with van der Waals surface area (Å²) >= 11 is 0. The predicted molar refractivity (Wildman–Crippen MR) is 62.7 cm³/mol. The molecule has 1 atom stereocenters. The summed E-state index contributed by atoms with van der Waals surface area (Å²) < 4.78 is 5.57. The third kappa shape index (κ3) is 3.18. The number of nitrogens with zero attached hydrogens (tertiary/aromatic N) is 2. The van der Waals surface area contributed by atoms with Crippen LogP contribution in [0.2, 0.25) is 0 Å². The van der Waals surface area contributed by atoms with Crippen molar-refractivity contribution in [3.05, 3.63) is 17.5 Å². The second kappa shape index (κ2) is 4.92. The smallest absolute Gasteiger partial charge is 0.317 e. The van der Waals surface area contributed by atoms with Crippen molar-refractivity contribution in [1.82, 2.24) is 9.97 Å². The van der Waals surface area contributed by atoms with E-state index >= 15 is 0 Å². The maximum absolute atomic E-state index is 7.33. The second-order valence-corrected chi connectivity index (χ2v) is 4.16. The third-order valence-electron chi connectivity index (χ3n) is 2.34. The van der Waals surface area contributed by atoms with Gasteiger partial charge in [-0.25, -0.2) is 4.98 Å². The zero-order valence-electron chi connectivity index (χ0n) is 10.1. The lowest BCUT2D eigenvalue weighted by Gasteiger charge is -2.16. The Morgan fingerprint density at radius 3 is 2.50 bits per heavy atom. The molecule has 0 spiro atoms. The van der Waals surface area contributed by atoms with Crippen LogP contribution in [0, 0.1) is 18.3 Å². The molecule has 0 saturated carbocycles. The highest BCUT2D eigenvalue weighted by molar-refractivity contribution is 5.93. The quantitative estimate of drug-likeness (QED) is 0.597. The van der Waals surface area contributed by atoms with Crippen molar-refractivity contribution in [2.45, 2.75) is 33.8 Å². The van der Waals surface area contributed by atoms with Crippen molar-refractivity contribution >= 4 is 5.84 Å². The van der Waals surface area contributed by atoms with Crippen LogP contribution in [0.4, 0.5) is 0 Å². The minimum atomic E-state index is -0.0763. The molecule has 5 heteroatoms. The first-order valence-electron chi connectivity index (χ1n) is 5.27. The summed E-state index contributed by atoms with van der Waals surface area (Å²) in [5.41, 5.74) is 6.52. The number of hydrogen-bond acceptors (Lipinski definition) is 4. The maximum atomic E-state index is 7.33. The van der Waals surface area contributed by atoms with Gasteiger partial charge in [0.1, 0.15) is 17.6 Å². The standard InChI is InChI=1S/C11H18N4O/c1-6(2)8(4)16-11-14-7(3)5-9(15-11)10(12)13/h5-6,8H,1-4H3,(H3,12,13). The average molecular weight is 222 g/mol. The van der Waals surface area contributed by atoms with E-state index in [0.29, 0.717) is 11.6 Å². The summed E-state index contributed by atoms with van der Waals surface area (Å²) in [6.45, 7) is 7.91. The molecule has 0 aliphatic rings. The Morgan fingerprint density at radius 1 is 1.38 bits per heavy atom. The number of aromatic nitrogens is 2. The molecule has 1 aromatic rings. The molecule has 5 nitrogen and oxygen atoms in total. The summed E-state index contributed by atoms with van der Waals surface area (Å²) in [5.74, 6) is 0.303. The Kier molecular flexibility index (Phi) is 3.82. The molecule has 1 unspecified atom stereocenters. The Bertz CT molecular complexity index is 390. The first kappa shape index (κ1) is 12.4. The molecule has 0 aliphatic carbocycles. The largest absolute Gasteiger partial charge is 0.460 e. The van der Waals surface area contributed by atoms with Gasteiger partial charge in [-0.3, -0.25) is 5.41 Å². The fourth-order valence-corrected chi connectivity index (χ4v) is 1.03. The topological polar surface area (TPSA) is 84.9 Å². The lowest BCUT2D eigenvalue weighted by molar-refractivity contribution is 0.155. The number of nitrogens with one attached hydrogen (secondary N) is 1. The number of aryl methyl sites for hydroxylation is 1. The van der Waals surface area contributed by atoms with Crippen molar-refractivity contribution in [2.75, 3.05) is 0 Å². The van der Waals surface area contributed by atoms with Crippen molar-refractivity contribution in [3.8, 4) is 6.01 Å². The number of nitrogens with two attached hydrogens (primary N) is 1. The lowest BCUT2D eigenvalue weighted by Crippen LogP contribution is -2.21. The third-order valence-corrected chi connectivity index (χ3v) is 2.34. The molecule has 0 aliphatic heterocycles. The van der Waals surface area contributed by atoms with Gasteiger partial charge in [-0.05, 0) is 25.8 Å². The molecular weight excluding hydrogens is 204 g/mol. The van der Waals surface area contributed by atoms with Gasteiger partial charge in [0.15, 0.2) is 0 Å². The highest BCUT2D eigenvalue weighted by atomic mass is 16.5. The highest BCUT2D eigenvalue weighted by Gasteiger charge is 2.12. The number of nitrogen functional groups attached to an aromatic ring is 1. The van der Waals surface area contributed by atoms with Crippen LogP contribution >= 0.6 is 0 Å². The van der Waals surface area contributed by atoms with E-state index in [2.05, 4.69) is 23.8 Å². The Morgan fingerprint density at radius 2 is 2.00 bits per heavy atom. The fraction of sp³-hybridized carbons (Fsp3) is 0.545. The van der Waals surface area contributed by atoms with Crippen LogP contribution in [0.3, 0.4) is 0 Å². The van der Waals surface area contributed by atoms with E-state index in [1.54, 1.807) is 6.07 Å². The molecule has 0 radical (unpaired) electrons. The molecule has 0 aromatic carbocycles. The normalized spacial score (nSPS) is 12.6. The van der Waals surface area contributed by atoms with Crippen molar-refractivity contribution in [2.24, 2.45) is 11.7 Å². The lowest BCUT2D eigenvalue weighted by atomic mass is 10.1. The predicted octanol–water partition coefficient (Wildman–Crippen LogP) is 1.49. The first-order valence-corrected chi connectivity index (χ1v) is 5.27. The average Bonchev–Trinajstić information content (AvgIpc) is 2.16. The first-order chi connectivity index (χ1) is 7.40. The van der Waals surface area contributed by atoms with Gasteiger partial charge < -0.3 is 10.5 Å². The minimum absolute atomic E-state index is 0.0293. The molecule has 0 saturated heterocycles. The van der Waals surface area contributed by atoms with Gasteiger partial charge in [0.25, 0.3) is 0 Å². The van der Waals surface area contributed by atoms with E-state index in [1.165, 1.54) is 0 Å². The Hall–Kier alpha value is -1.65. The van der Waals surface area contributed by atoms with Gasteiger partial charge in [0.05, 0.1) is 0 Å². The SMILES string of the molecule is Cc1cc(C(=N)N)nc(OC(C)C(C)C)n1. The van der Waals surface area contributed by atoms with E-state index in [-0.39, 0.29) is 18.0 Å². The maximum Gasteiger partial charge on any atom is 0.317 e. The van der Waals surface area contributed by atoms with Gasteiger partial charge in [-0.2, -0.15) is 4.98 Å². The molecular formula is C11H18N4O. The number of rotatable bonds is 4. The number of amidine groups is 1. The molecule has 1 heterocycles. The zero-order valence-corrected chi connectivity index (χ0v) is 10.1. The number of hydrogen-bond donors (Lipinski definition) is 2. The van der Waals surface area contributed by atoms with Crippen molar-refractivity contribution < 1.29 is 4.74 Å². The summed E-state index contributed by atoms with van der Waals surface area (Å²) in [5, 5.41) is 7.33. The monoisotopic (exact) mass is 222 g/mol. The van der Waals surface area contributed by atoms with Gasteiger partial charge in [-0.15, -0.1) is 0 Å². The van der Waals surface area contributed by atoms with E-state index < -0.39 is 0 Å². The fourth-order valence-electron chi connectivity index (χ4n) is 1.03. The van der Waals surface area contributed by atoms with Crippen molar-refractivity contribution in [3.63, 3.8) is 0 Å². The molecule has 88 valence electrons. The molecule has 16 heavy (non-hydrogen) atoms. The summed E-state index contributed by atoms with van der Waals surface area (Å²) in [4.78, 5) is 8.23. The molecule has 1 aromatic heterocycles. The van der Waals surface area contributed by atoms with E-state index in [4.69, 9.17) is 15.9 Å². The Balaban J connectivity index is 2.92. The summed E-state index contributed by atoms with van der Waals surface area (Å²) in [6.07, 6.45) is 0.0293. The highest BCUT2D eigenvalue weighted by Crippen LogP contribution is 2.12. The van der Waals surface area contributed by atoms with E-state index in [1.807, 2.05) is 13.8 Å². The Labute approximate surface area is 95.6 Å². The zero-order chi connectivity index (χ0) is 12.3. The number of ether oxygens (including phenoxy) is 1. The van der Waals surface area contributed by atoms with Gasteiger partial charge in [0.2, 0.25) is 0 Å². The van der Waals surface area contributed by atoms with E-state index in [9.17, 15) is 0 Å². The van der Waals surface area contributed by atoms with Crippen molar-refractivity contribution in [1.29, 1.82) is 5.41 Å². The van der Waals surface area contributed by atoms with Crippen LogP contribution in [0.5, 0.6) is 6.01 Å². The molecule has 0 bridgehead atoms. The summed E-state index contributed by atoms with van der Waals surface area (Å²) in [7, 11) is 0. The van der Waals surface area contributed by atoms with E-state index in [0.717, 1.165) is 5.69 Å². The molecule has 1 rings (SSSR count). The van der Waals surface area contributed by atoms with Crippen LogP contribution in [-0.2, 0) is 0 Å². The molecule has 0 fully saturated rings. The second-order valence-electron chi connectivity index (χ2n) is 4.16. The van der Waals surface area contributed by atoms with Gasteiger partial charge in [-0.1, -0.05) is 13.8 Å². The molecule has 3 N–H and O–H groups in total. The summed E-state index contributed by atoms with van der Waals surface area (Å²) in [6, 6.07) is 1.95. The van der Waals surface area contributed by atoms with Gasteiger partial charge in [0, 0.05) is 5.69 Å². The van der Waals surface area contributed by atoms with Crippen LogP contribution in [0.15, 0.2) is 6.07 Å². The van der Waals surface area contributed by atoms with Crippen LogP contribution < -0.4 is 10.5 Å². The molecule has 0 amide bonds.